The average molecular weight is 278 g/mol. The highest BCUT2D eigenvalue weighted by Gasteiger charge is 2.06. The molecular formula is C18H18N2O. The molecule has 0 aliphatic carbocycles. The van der Waals surface area contributed by atoms with Gasteiger partial charge in [0.2, 0.25) is 0 Å². The molecule has 3 aromatic rings. The Morgan fingerprint density at radius 3 is 2.52 bits per heavy atom. The number of phenols is 1. The van der Waals surface area contributed by atoms with Crippen LogP contribution >= 0.6 is 0 Å². The maximum atomic E-state index is 9.53. The van der Waals surface area contributed by atoms with Crippen molar-refractivity contribution in [1.29, 1.82) is 0 Å². The number of pyridine rings is 1. The van der Waals surface area contributed by atoms with Crippen LogP contribution in [0.4, 0.5) is 11.5 Å². The van der Waals surface area contributed by atoms with Crippen molar-refractivity contribution in [1.82, 2.24) is 4.98 Å². The van der Waals surface area contributed by atoms with Crippen molar-refractivity contribution in [2.24, 2.45) is 0 Å². The van der Waals surface area contributed by atoms with Gasteiger partial charge in [-0.3, -0.25) is 0 Å². The largest absolute Gasteiger partial charge is 0.508 e. The minimum Gasteiger partial charge on any atom is -0.508 e. The number of nitrogens with one attached hydrogen (secondary N) is 1. The summed E-state index contributed by atoms with van der Waals surface area (Å²) in [6.07, 6.45) is 0. The van der Waals surface area contributed by atoms with E-state index in [4.69, 9.17) is 4.98 Å². The standard InChI is InChI=1S/C18H18N2O/c1-11-7-13(3)18-16(8-11)12(2)9-17(20-18)19-14-5-4-6-15(21)10-14/h4-10,21H,1-3H3,(H,19,20). The fraction of sp³-hybridized carbons (Fsp3) is 0.167. The highest BCUT2D eigenvalue weighted by molar-refractivity contribution is 5.87. The first-order valence-corrected chi connectivity index (χ1v) is 6.97. The molecule has 0 saturated heterocycles. The van der Waals surface area contributed by atoms with E-state index >= 15 is 0 Å². The van der Waals surface area contributed by atoms with Gasteiger partial charge in [0.25, 0.3) is 0 Å². The molecule has 2 N–H and O–H groups in total. The quantitative estimate of drug-likeness (QED) is 0.719. The normalized spacial score (nSPS) is 10.8. The lowest BCUT2D eigenvalue weighted by molar-refractivity contribution is 0.475. The molecule has 3 heteroatoms. The summed E-state index contributed by atoms with van der Waals surface area (Å²) in [5.74, 6) is 1.03. The molecule has 0 bridgehead atoms. The molecule has 1 aromatic heterocycles. The summed E-state index contributed by atoms with van der Waals surface area (Å²) in [7, 11) is 0. The van der Waals surface area contributed by atoms with E-state index in [1.807, 2.05) is 12.1 Å². The molecule has 0 atom stereocenters. The van der Waals surface area contributed by atoms with Crippen LogP contribution in [0.1, 0.15) is 16.7 Å². The smallest absolute Gasteiger partial charge is 0.131 e. The minimum absolute atomic E-state index is 0.240. The van der Waals surface area contributed by atoms with Gasteiger partial charge >= 0.3 is 0 Å². The van der Waals surface area contributed by atoms with Gasteiger partial charge < -0.3 is 10.4 Å². The van der Waals surface area contributed by atoms with Gasteiger partial charge in [-0.05, 0) is 56.2 Å². The second kappa shape index (κ2) is 5.09. The Bertz CT molecular complexity index is 825. The van der Waals surface area contributed by atoms with Crippen molar-refractivity contribution in [2.75, 3.05) is 5.32 Å². The van der Waals surface area contributed by atoms with Crippen LogP contribution in [-0.4, -0.2) is 10.1 Å². The predicted molar refractivity (Wildman–Crippen MR) is 87.3 cm³/mol. The van der Waals surface area contributed by atoms with E-state index in [1.54, 1.807) is 18.2 Å². The number of rotatable bonds is 2. The number of aromatic hydroxyl groups is 1. The molecule has 0 unspecified atom stereocenters. The van der Waals surface area contributed by atoms with Crippen LogP contribution in [-0.2, 0) is 0 Å². The van der Waals surface area contributed by atoms with Gasteiger partial charge in [0.15, 0.2) is 0 Å². The summed E-state index contributed by atoms with van der Waals surface area (Å²) in [5, 5.41) is 14.0. The number of benzene rings is 2. The van der Waals surface area contributed by atoms with E-state index in [0.717, 1.165) is 17.0 Å². The predicted octanol–water partition coefficient (Wildman–Crippen LogP) is 4.61. The SMILES string of the molecule is Cc1cc(C)c2nc(Nc3cccc(O)c3)cc(C)c2c1. The molecule has 0 amide bonds. The van der Waals surface area contributed by atoms with Gasteiger partial charge in [0.1, 0.15) is 11.6 Å². The van der Waals surface area contributed by atoms with E-state index < -0.39 is 0 Å². The van der Waals surface area contributed by atoms with Crippen molar-refractivity contribution in [2.45, 2.75) is 20.8 Å². The van der Waals surface area contributed by atoms with E-state index in [0.29, 0.717) is 0 Å². The number of hydrogen-bond donors (Lipinski definition) is 2. The molecule has 1 heterocycles. The molecule has 2 aromatic carbocycles. The second-order valence-corrected chi connectivity index (χ2v) is 5.48. The number of nitrogens with zero attached hydrogens (tertiary/aromatic N) is 1. The molecule has 21 heavy (non-hydrogen) atoms. The third-order valence-corrected chi connectivity index (χ3v) is 3.57. The summed E-state index contributed by atoms with van der Waals surface area (Å²) in [5.41, 5.74) is 5.45. The molecular weight excluding hydrogens is 260 g/mol. The van der Waals surface area contributed by atoms with Crippen LogP contribution < -0.4 is 5.32 Å². The monoisotopic (exact) mass is 278 g/mol. The molecule has 0 radical (unpaired) electrons. The Hall–Kier alpha value is -2.55. The zero-order valence-electron chi connectivity index (χ0n) is 12.4. The van der Waals surface area contributed by atoms with Crippen LogP contribution in [0.2, 0.25) is 0 Å². The first kappa shape index (κ1) is 13.4. The lowest BCUT2D eigenvalue weighted by Crippen LogP contribution is -1.97. The highest BCUT2D eigenvalue weighted by atomic mass is 16.3. The van der Waals surface area contributed by atoms with Gasteiger partial charge in [0, 0.05) is 17.1 Å². The minimum atomic E-state index is 0.240. The Labute approximate surface area is 124 Å². The van der Waals surface area contributed by atoms with Crippen molar-refractivity contribution < 1.29 is 5.11 Å². The van der Waals surface area contributed by atoms with Crippen molar-refractivity contribution >= 4 is 22.4 Å². The maximum absolute atomic E-state index is 9.53. The number of fused-ring (bicyclic) bond motifs is 1. The number of anilines is 2. The van der Waals surface area contributed by atoms with E-state index in [9.17, 15) is 5.11 Å². The molecule has 0 fully saturated rings. The van der Waals surface area contributed by atoms with Gasteiger partial charge in [-0.2, -0.15) is 0 Å². The molecule has 0 spiro atoms. The summed E-state index contributed by atoms with van der Waals surface area (Å²) in [4.78, 5) is 4.71. The van der Waals surface area contributed by atoms with Gasteiger partial charge in [-0.25, -0.2) is 4.98 Å². The van der Waals surface area contributed by atoms with E-state index in [1.165, 1.54) is 22.1 Å². The Morgan fingerprint density at radius 1 is 0.952 bits per heavy atom. The van der Waals surface area contributed by atoms with Crippen LogP contribution in [0.5, 0.6) is 5.75 Å². The molecule has 106 valence electrons. The Kier molecular flexibility index (Phi) is 3.26. The average Bonchev–Trinajstić information content (AvgIpc) is 2.40. The van der Waals surface area contributed by atoms with Gasteiger partial charge in [-0.1, -0.05) is 17.7 Å². The van der Waals surface area contributed by atoms with Crippen molar-refractivity contribution in [3.8, 4) is 5.75 Å². The van der Waals surface area contributed by atoms with Crippen LogP contribution in [0.25, 0.3) is 10.9 Å². The topological polar surface area (TPSA) is 45.2 Å². The molecule has 3 nitrogen and oxygen atoms in total. The number of phenolic OH excluding ortho intramolecular Hbond substituents is 1. The lowest BCUT2D eigenvalue weighted by Gasteiger charge is -2.11. The number of hydrogen-bond acceptors (Lipinski definition) is 3. The maximum Gasteiger partial charge on any atom is 0.131 e. The lowest BCUT2D eigenvalue weighted by atomic mass is 10.0. The van der Waals surface area contributed by atoms with Crippen LogP contribution in [0, 0.1) is 20.8 Å². The van der Waals surface area contributed by atoms with Crippen molar-refractivity contribution in [3.05, 3.63) is 59.2 Å². The highest BCUT2D eigenvalue weighted by Crippen LogP contribution is 2.26. The fourth-order valence-electron chi connectivity index (χ4n) is 2.64. The third-order valence-electron chi connectivity index (χ3n) is 3.57. The molecule has 0 saturated carbocycles. The zero-order chi connectivity index (χ0) is 15.0. The summed E-state index contributed by atoms with van der Waals surface area (Å²) in [6, 6.07) is 13.4. The van der Waals surface area contributed by atoms with E-state index in [2.05, 4.69) is 38.2 Å². The number of aryl methyl sites for hydroxylation is 3. The fourth-order valence-corrected chi connectivity index (χ4v) is 2.64. The second-order valence-electron chi connectivity index (χ2n) is 5.48. The van der Waals surface area contributed by atoms with Gasteiger partial charge in [0.05, 0.1) is 5.52 Å². The zero-order valence-corrected chi connectivity index (χ0v) is 12.4. The molecule has 3 rings (SSSR count). The Morgan fingerprint density at radius 2 is 1.76 bits per heavy atom. The molecule has 0 aliphatic rings. The Balaban J connectivity index is 2.08. The van der Waals surface area contributed by atoms with E-state index in [-0.39, 0.29) is 5.75 Å². The number of aromatic nitrogens is 1. The summed E-state index contributed by atoms with van der Waals surface area (Å²) >= 11 is 0. The van der Waals surface area contributed by atoms with Crippen molar-refractivity contribution in [3.63, 3.8) is 0 Å². The first-order chi connectivity index (χ1) is 10.0. The van der Waals surface area contributed by atoms with Gasteiger partial charge in [-0.15, -0.1) is 0 Å². The summed E-state index contributed by atoms with van der Waals surface area (Å²) < 4.78 is 0. The third kappa shape index (κ3) is 2.68. The molecule has 0 aliphatic heterocycles. The van der Waals surface area contributed by atoms with Crippen LogP contribution in [0.15, 0.2) is 42.5 Å². The van der Waals surface area contributed by atoms with Crippen LogP contribution in [0.3, 0.4) is 0 Å². The first-order valence-electron chi connectivity index (χ1n) is 6.97. The summed E-state index contributed by atoms with van der Waals surface area (Å²) in [6.45, 7) is 6.28.